The molecule has 2 fully saturated rings. The zero-order chi connectivity index (χ0) is 12.8. The van der Waals surface area contributed by atoms with Gasteiger partial charge in [-0.05, 0) is 59.9 Å². The van der Waals surface area contributed by atoms with Crippen molar-refractivity contribution in [3.8, 4) is 0 Å². The van der Waals surface area contributed by atoms with E-state index in [9.17, 15) is 0 Å². The second-order valence-corrected chi connectivity index (χ2v) is 7.07. The van der Waals surface area contributed by atoms with E-state index in [-0.39, 0.29) is 11.2 Å². The minimum absolute atomic E-state index is 0.00862. The van der Waals surface area contributed by atoms with Gasteiger partial charge < -0.3 is 10.5 Å². The molecule has 2 aliphatic heterocycles. The molecule has 0 aromatic rings. The van der Waals surface area contributed by atoms with Crippen LogP contribution in [0.2, 0.25) is 0 Å². The fourth-order valence-corrected chi connectivity index (χ4v) is 3.83. The molecule has 0 aromatic carbocycles. The molecule has 0 aliphatic carbocycles. The first kappa shape index (κ1) is 13.3. The molecule has 0 bridgehead atoms. The zero-order valence-corrected chi connectivity index (χ0v) is 12.0. The van der Waals surface area contributed by atoms with E-state index in [4.69, 9.17) is 10.5 Å². The smallest absolute Gasteiger partial charge is 0.0789 e. The molecular formula is C14H28N2O. The summed E-state index contributed by atoms with van der Waals surface area (Å²) in [5.41, 5.74) is 5.79. The van der Waals surface area contributed by atoms with E-state index < -0.39 is 0 Å². The first-order chi connectivity index (χ1) is 7.75. The molecule has 0 radical (unpaired) electrons. The number of nitrogens with two attached hydrogens (primary N) is 1. The highest BCUT2D eigenvalue weighted by atomic mass is 16.5. The predicted molar refractivity (Wildman–Crippen MR) is 71.0 cm³/mol. The molecular weight excluding hydrogens is 212 g/mol. The Morgan fingerprint density at radius 1 is 1.29 bits per heavy atom. The van der Waals surface area contributed by atoms with E-state index in [1.54, 1.807) is 0 Å². The second-order valence-electron chi connectivity index (χ2n) is 7.07. The largest absolute Gasteiger partial charge is 0.368 e. The Morgan fingerprint density at radius 3 is 2.35 bits per heavy atom. The average Bonchev–Trinajstić information content (AvgIpc) is 2.63. The molecule has 0 spiro atoms. The van der Waals surface area contributed by atoms with Gasteiger partial charge in [-0.2, -0.15) is 0 Å². The summed E-state index contributed by atoms with van der Waals surface area (Å²) in [6.45, 7) is 13.2. The van der Waals surface area contributed by atoms with Gasteiger partial charge in [0.25, 0.3) is 0 Å². The van der Waals surface area contributed by atoms with Gasteiger partial charge in [-0.15, -0.1) is 0 Å². The number of nitrogens with zero attached hydrogens (tertiary/aromatic N) is 1. The van der Waals surface area contributed by atoms with Gasteiger partial charge in [0.15, 0.2) is 0 Å². The van der Waals surface area contributed by atoms with Crippen LogP contribution in [-0.2, 0) is 4.74 Å². The normalized spacial score (nSPS) is 40.9. The maximum Gasteiger partial charge on any atom is 0.0789 e. The quantitative estimate of drug-likeness (QED) is 0.802. The minimum atomic E-state index is -0.0404. The van der Waals surface area contributed by atoms with Crippen molar-refractivity contribution in [2.75, 3.05) is 13.1 Å². The summed E-state index contributed by atoms with van der Waals surface area (Å²) in [6.07, 6.45) is 2.37. The Labute approximate surface area is 106 Å². The standard InChI is InChI=1S/C14H28N2O/c1-10-6-11(8-15)9-16(10)12-7-13(2,3)17-14(12,4)5/h10-12H,6-9,15H2,1-5H3. The first-order valence-corrected chi connectivity index (χ1v) is 6.91. The van der Waals surface area contributed by atoms with Crippen LogP contribution < -0.4 is 5.73 Å². The summed E-state index contributed by atoms with van der Waals surface area (Å²) in [5, 5.41) is 0. The van der Waals surface area contributed by atoms with Crippen LogP contribution in [0.25, 0.3) is 0 Å². The average molecular weight is 240 g/mol. The van der Waals surface area contributed by atoms with Gasteiger partial charge in [-0.1, -0.05) is 0 Å². The highest BCUT2D eigenvalue weighted by Crippen LogP contribution is 2.42. The summed E-state index contributed by atoms with van der Waals surface area (Å²) in [7, 11) is 0. The Bertz CT molecular complexity index is 288. The van der Waals surface area contributed by atoms with Crippen LogP contribution in [0.5, 0.6) is 0 Å². The zero-order valence-electron chi connectivity index (χ0n) is 12.0. The lowest BCUT2D eigenvalue weighted by atomic mass is 9.92. The number of ether oxygens (including phenoxy) is 1. The monoisotopic (exact) mass is 240 g/mol. The van der Waals surface area contributed by atoms with E-state index in [1.807, 2.05) is 0 Å². The third kappa shape index (κ3) is 2.51. The van der Waals surface area contributed by atoms with E-state index >= 15 is 0 Å². The van der Waals surface area contributed by atoms with Crippen LogP contribution in [0.4, 0.5) is 0 Å². The van der Waals surface area contributed by atoms with Gasteiger partial charge in [-0.3, -0.25) is 4.90 Å². The molecule has 2 aliphatic rings. The van der Waals surface area contributed by atoms with Crippen molar-refractivity contribution >= 4 is 0 Å². The van der Waals surface area contributed by atoms with Gasteiger partial charge in [0, 0.05) is 18.6 Å². The van der Waals surface area contributed by atoms with Crippen molar-refractivity contribution in [3.63, 3.8) is 0 Å². The molecule has 2 rings (SSSR count). The van der Waals surface area contributed by atoms with Crippen LogP contribution in [0, 0.1) is 5.92 Å². The van der Waals surface area contributed by atoms with E-state index in [2.05, 4.69) is 39.5 Å². The molecule has 2 heterocycles. The molecule has 3 nitrogen and oxygen atoms in total. The van der Waals surface area contributed by atoms with Crippen molar-refractivity contribution in [3.05, 3.63) is 0 Å². The Hall–Kier alpha value is -0.120. The van der Waals surface area contributed by atoms with Gasteiger partial charge in [0.2, 0.25) is 0 Å². The van der Waals surface area contributed by atoms with Gasteiger partial charge >= 0.3 is 0 Å². The lowest BCUT2D eigenvalue weighted by Crippen LogP contribution is -2.48. The molecule has 3 atom stereocenters. The van der Waals surface area contributed by atoms with Crippen LogP contribution >= 0.6 is 0 Å². The maximum atomic E-state index is 6.21. The summed E-state index contributed by atoms with van der Waals surface area (Å²) in [6, 6.07) is 1.18. The Morgan fingerprint density at radius 2 is 1.94 bits per heavy atom. The highest BCUT2D eigenvalue weighted by Gasteiger charge is 2.50. The van der Waals surface area contributed by atoms with E-state index in [1.165, 1.54) is 6.42 Å². The molecule has 3 heteroatoms. The SMILES string of the molecule is CC1CC(CN)CN1C1CC(C)(C)OC1(C)C. The molecule has 0 aromatic heterocycles. The fraction of sp³-hybridized carbons (Fsp3) is 1.00. The highest BCUT2D eigenvalue weighted by molar-refractivity contribution is 5.03. The van der Waals surface area contributed by atoms with Crippen molar-refractivity contribution in [2.45, 2.75) is 70.7 Å². The number of likely N-dealkylation sites (tertiary alicyclic amines) is 1. The van der Waals surface area contributed by atoms with Crippen molar-refractivity contribution in [1.29, 1.82) is 0 Å². The molecule has 0 amide bonds. The lowest BCUT2D eigenvalue weighted by molar-refractivity contribution is -0.0813. The third-order valence-corrected chi connectivity index (χ3v) is 4.47. The Balaban J connectivity index is 2.12. The number of rotatable bonds is 2. The Kier molecular flexibility index (Phi) is 3.30. The van der Waals surface area contributed by atoms with Crippen molar-refractivity contribution < 1.29 is 4.74 Å². The predicted octanol–water partition coefficient (Wildman–Crippen LogP) is 2.00. The maximum absolute atomic E-state index is 6.21. The first-order valence-electron chi connectivity index (χ1n) is 6.91. The minimum Gasteiger partial charge on any atom is -0.368 e. The molecule has 2 N–H and O–H groups in total. The summed E-state index contributed by atoms with van der Waals surface area (Å²) < 4.78 is 6.21. The fourth-order valence-electron chi connectivity index (χ4n) is 3.83. The van der Waals surface area contributed by atoms with Crippen molar-refractivity contribution in [2.24, 2.45) is 11.7 Å². The van der Waals surface area contributed by atoms with Gasteiger partial charge in [0.05, 0.1) is 11.2 Å². The number of hydrogen-bond donors (Lipinski definition) is 1. The van der Waals surface area contributed by atoms with Crippen LogP contribution in [-0.4, -0.2) is 41.3 Å². The van der Waals surface area contributed by atoms with Crippen LogP contribution in [0.15, 0.2) is 0 Å². The molecule has 17 heavy (non-hydrogen) atoms. The molecule has 3 unspecified atom stereocenters. The lowest BCUT2D eigenvalue weighted by Gasteiger charge is -2.36. The van der Waals surface area contributed by atoms with Gasteiger partial charge in [0.1, 0.15) is 0 Å². The third-order valence-electron chi connectivity index (χ3n) is 4.47. The van der Waals surface area contributed by atoms with Crippen LogP contribution in [0.1, 0.15) is 47.5 Å². The van der Waals surface area contributed by atoms with Gasteiger partial charge in [-0.25, -0.2) is 0 Å². The summed E-state index contributed by atoms with van der Waals surface area (Å²) >= 11 is 0. The van der Waals surface area contributed by atoms with E-state index in [0.717, 1.165) is 19.5 Å². The van der Waals surface area contributed by atoms with Crippen LogP contribution in [0.3, 0.4) is 0 Å². The summed E-state index contributed by atoms with van der Waals surface area (Å²) in [4.78, 5) is 2.63. The second kappa shape index (κ2) is 4.22. The molecule has 0 saturated carbocycles. The topological polar surface area (TPSA) is 38.5 Å². The molecule has 100 valence electrons. The van der Waals surface area contributed by atoms with E-state index in [0.29, 0.717) is 18.0 Å². The number of hydrogen-bond acceptors (Lipinski definition) is 3. The summed E-state index contributed by atoms with van der Waals surface area (Å²) in [5.74, 6) is 0.671. The molecule has 2 saturated heterocycles. The van der Waals surface area contributed by atoms with Crippen molar-refractivity contribution in [1.82, 2.24) is 4.90 Å².